The first-order valence-corrected chi connectivity index (χ1v) is 8.93. The highest BCUT2D eigenvalue weighted by Gasteiger charge is 2.60. The Morgan fingerprint density at radius 3 is 2.68 bits per heavy atom. The van der Waals surface area contributed by atoms with Crippen molar-refractivity contribution in [3.8, 4) is 0 Å². The Morgan fingerprint density at radius 1 is 1.41 bits per heavy atom. The van der Waals surface area contributed by atoms with E-state index in [0.29, 0.717) is 12.0 Å². The summed E-state index contributed by atoms with van der Waals surface area (Å²) in [6.07, 6.45) is 4.62. The molecule has 3 heteroatoms. The van der Waals surface area contributed by atoms with E-state index in [2.05, 4.69) is 46.1 Å². The Labute approximate surface area is 135 Å². The fourth-order valence-corrected chi connectivity index (χ4v) is 5.23. The molecule has 6 atom stereocenters. The minimum Gasteiger partial charge on any atom is -0.354 e. The van der Waals surface area contributed by atoms with Crippen molar-refractivity contribution < 1.29 is 9.53 Å². The Hall–Kier alpha value is -0.830. The van der Waals surface area contributed by atoms with Gasteiger partial charge in [0.2, 0.25) is 5.91 Å². The van der Waals surface area contributed by atoms with Crippen molar-refractivity contribution in [1.29, 1.82) is 0 Å². The van der Waals surface area contributed by atoms with Crippen LogP contribution in [0.25, 0.3) is 0 Å². The molecule has 2 aliphatic heterocycles. The van der Waals surface area contributed by atoms with Gasteiger partial charge in [0.05, 0.1) is 6.10 Å². The van der Waals surface area contributed by atoms with Gasteiger partial charge in [-0.05, 0) is 46.0 Å². The van der Waals surface area contributed by atoms with Crippen LogP contribution in [0.2, 0.25) is 0 Å². The van der Waals surface area contributed by atoms with Crippen LogP contribution < -0.4 is 0 Å². The zero-order chi connectivity index (χ0) is 16.2. The summed E-state index contributed by atoms with van der Waals surface area (Å²) in [5.74, 6) is 1.66. The minimum atomic E-state index is -0.109. The van der Waals surface area contributed by atoms with Crippen LogP contribution in [0, 0.1) is 23.7 Å². The van der Waals surface area contributed by atoms with Gasteiger partial charge in [0.15, 0.2) is 0 Å². The van der Waals surface area contributed by atoms with Gasteiger partial charge in [-0.15, -0.1) is 0 Å². The van der Waals surface area contributed by atoms with E-state index in [1.54, 1.807) is 0 Å². The van der Waals surface area contributed by atoms with Crippen LogP contribution >= 0.6 is 0 Å². The van der Waals surface area contributed by atoms with Crippen LogP contribution in [-0.2, 0) is 9.53 Å². The maximum Gasteiger partial charge on any atom is 0.228 e. The molecule has 0 spiro atoms. The van der Waals surface area contributed by atoms with Crippen molar-refractivity contribution in [1.82, 2.24) is 4.90 Å². The number of rotatable bonds is 2. The molecule has 0 bridgehead atoms. The number of hydrogen-bond acceptors (Lipinski definition) is 2. The largest absolute Gasteiger partial charge is 0.354 e. The summed E-state index contributed by atoms with van der Waals surface area (Å²) < 4.78 is 6.54. The number of fused-ring (bicyclic) bond motifs is 2. The second kappa shape index (κ2) is 5.36. The first-order chi connectivity index (χ1) is 10.3. The molecular formula is C19H31NO2. The fourth-order valence-electron chi connectivity index (χ4n) is 5.23. The normalized spacial score (nSPS) is 43.7. The van der Waals surface area contributed by atoms with Crippen molar-refractivity contribution in [3.63, 3.8) is 0 Å². The summed E-state index contributed by atoms with van der Waals surface area (Å²) >= 11 is 0. The van der Waals surface area contributed by atoms with Gasteiger partial charge in [0, 0.05) is 23.3 Å². The molecule has 22 heavy (non-hydrogen) atoms. The number of nitrogens with zero attached hydrogens (tertiary/aromatic N) is 1. The monoisotopic (exact) mass is 305 g/mol. The highest BCUT2D eigenvalue weighted by molar-refractivity contribution is 5.83. The van der Waals surface area contributed by atoms with E-state index in [1.165, 1.54) is 12.8 Å². The standard InChI is InChI=1S/C19H31NO2/c1-7-13-16(11(2)3)18-20(17(13)21)19(5,6)14-9-8-12(4)10-15(14)22-18/h12-16,18H,2,7-10H2,1,3-6H3/t12-,13+,14-,15-,16-,18+/m1/s1. The van der Waals surface area contributed by atoms with Crippen molar-refractivity contribution in [2.75, 3.05) is 0 Å². The molecule has 0 unspecified atom stereocenters. The summed E-state index contributed by atoms with van der Waals surface area (Å²) in [5.41, 5.74) is 0.980. The van der Waals surface area contributed by atoms with E-state index in [4.69, 9.17) is 4.74 Å². The van der Waals surface area contributed by atoms with Gasteiger partial charge >= 0.3 is 0 Å². The minimum absolute atomic E-state index is 0.0411. The van der Waals surface area contributed by atoms with Crippen LogP contribution in [0.3, 0.4) is 0 Å². The predicted octanol–water partition coefficient (Wildman–Crippen LogP) is 3.99. The molecule has 3 nitrogen and oxygen atoms in total. The Balaban J connectivity index is 1.99. The molecule has 0 N–H and O–H groups in total. The Morgan fingerprint density at radius 2 is 2.09 bits per heavy atom. The van der Waals surface area contributed by atoms with Gasteiger partial charge in [-0.1, -0.05) is 32.4 Å². The fraction of sp³-hybridized carbons (Fsp3) is 0.842. The van der Waals surface area contributed by atoms with Gasteiger partial charge in [-0.3, -0.25) is 4.79 Å². The van der Waals surface area contributed by atoms with Crippen molar-refractivity contribution in [2.45, 2.75) is 78.2 Å². The van der Waals surface area contributed by atoms with Gasteiger partial charge < -0.3 is 9.64 Å². The van der Waals surface area contributed by atoms with Gasteiger partial charge in [0.25, 0.3) is 0 Å². The van der Waals surface area contributed by atoms with E-state index in [1.807, 2.05) is 0 Å². The number of carbonyl (C=O) groups excluding carboxylic acids is 1. The van der Waals surface area contributed by atoms with Crippen molar-refractivity contribution >= 4 is 5.91 Å². The second-order valence-corrected chi connectivity index (χ2v) is 8.34. The van der Waals surface area contributed by atoms with E-state index in [9.17, 15) is 4.79 Å². The lowest BCUT2D eigenvalue weighted by Crippen LogP contribution is -2.64. The Bertz CT molecular complexity index is 484. The Kier molecular flexibility index (Phi) is 3.91. The number of amides is 1. The van der Waals surface area contributed by atoms with Gasteiger partial charge in [-0.25, -0.2) is 0 Å². The van der Waals surface area contributed by atoms with Gasteiger partial charge in [-0.2, -0.15) is 0 Å². The van der Waals surface area contributed by atoms with E-state index < -0.39 is 0 Å². The molecule has 0 radical (unpaired) electrons. The van der Waals surface area contributed by atoms with E-state index in [0.717, 1.165) is 24.3 Å². The van der Waals surface area contributed by atoms with Crippen LogP contribution in [0.4, 0.5) is 0 Å². The molecule has 0 aromatic carbocycles. The average Bonchev–Trinajstić information content (AvgIpc) is 2.71. The highest BCUT2D eigenvalue weighted by Crippen LogP contribution is 2.52. The van der Waals surface area contributed by atoms with E-state index >= 15 is 0 Å². The summed E-state index contributed by atoms with van der Waals surface area (Å²) in [7, 11) is 0. The highest BCUT2D eigenvalue weighted by atomic mass is 16.5. The lowest BCUT2D eigenvalue weighted by atomic mass is 9.70. The second-order valence-electron chi connectivity index (χ2n) is 8.34. The van der Waals surface area contributed by atoms with Crippen molar-refractivity contribution in [2.24, 2.45) is 23.7 Å². The topological polar surface area (TPSA) is 29.5 Å². The van der Waals surface area contributed by atoms with Crippen molar-refractivity contribution in [3.05, 3.63) is 12.2 Å². The number of ether oxygens (including phenoxy) is 1. The molecule has 0 aromatic rings. The lowest BCUT2D eigenvalue weighted by Gasteiger charge is -2.56. The van der Waals surface area contributed by atoms with E-state index in [-0.39, 0.29) is 29.5 Å². The number of hydrogen-bond donors (Lipinski definition) is 0. The molecule has 2 heterocycles. The zero-order valence-electron chi connectivity index (χ0n) is 14.8. The lowest BCUT2D eigenvalue weighted by molar-refractivity contribution is -0.224. The average molecular weight is 305 g/mol. The third kappa shape index (κ3) is 2.16. The molecule has 2 saturated heterocycles. The van der Waals surface area contributed by atoms with Crippen LogP contribution in [0.5, 0.6) is 0 Å². The zero-order valence-corrected chi connectivity index (χ0v) is 14.8. The van der Waals surface area contributed by atoms with Crippen LogP contribution in [-0.4, -0.2) is 28.7 Å². The molecule has 124 valence electrons. The smallest absolute Gasteiger partial charge is 0.228 e. The third-order valence-electron chi connectivity index (χ3n) is 6.46. The molecule has 3 aliphatic rings. The summed E-state index contributed by atoms with van der Waals surface area (Å²) in [5, 5.41) is 0. The summed E-state index contributed by atoms with van der Waals surface area (Å²) in [6.45, 7) is 15.2. The van der Waals surface area contributed by atoms with Gasteiger partial charge in [0.1, 0.15) is 6.23 Å². The molecule has 1 saturated carbocycles. The first-order valence-electron chi connectivity index (χ1n) is 8.93. The quantitative estimate of drug-likeness (QED) is 0.722. The van der Waals surface area contributed by atoms with Crippen LogP contribution in [0.15, 0.2) is 12.2 Å². The molecule has 3 rings (SSSR count). The SMILES string of the molecule is C=C(C)[C@@H]1[C@H](CC)C(=O)N2[C@H]1O[C@@H]1C[C@H](C)CC[C@H]1C2(C)C. The molecule has 0 aromatic heterocycles. The summed E-state index contributed by atoms with van der Waals surface area (Å²) in [6, 6.07) is 0. The maximum atomic E-state index is 13.0. The molecule has 3 fully saturated rings. The maximum absolute atomic E-state index is 13.0. The molecular weight excluding hydrogens is 274 g/mol. The molecule has 1 aliphatic carbocycles. The third-order valence-corrected chi connectivity index (χ3v) is 6.46. The summed E-state index contributed by atoms with van der Waals surface area (Å²) in [4.78, 5) is 15.1. The van der Waals surface area contributed by atoms with Crippen LogP contribution in [0.1, 0.15) is 60.3 Å². The number of carbonyl (C=O) groups is 1. The predicted molar refractivity (Wildman–Crippen MR) is 88.2 cm³/mol. The molecule has 1 amide bonds. The first kappa shape index (κ1) is 16.0.